The molecule has 2 nitrogen and oxygen atoms in total. The number of esters is 1. The molecule has 0 heterocycles. The molecular formula is C13H18O2. The average Bonchev–Trinajstić information content (AvgIpc) is 2.37. The molecule has 0 radical (unpaired) electrons. The van der Waals surface area contributed by atoms with Crippen LogP contribution in [0.5, 0.6) is 0 Å². The Morgan fingerprint density at radius 3 is 3.00 bits per heavy atom. The molecule has 15 heavy (non-hydrogen) atoms. The van der Waals surface area contributed by atoms with Crippen molar-refractivity contribution in [1.29, 1.82) is 0 Å². The molecule has 0 aromatic carbocycles. The quantitative estimate of drug-likeness (QED) is 0.649. The molecule has 82 valence electrons. The maximum atomic E-state index is 11.8. The Kier molecular flexibility index (Phi) is 2.68. The van der Waals surface area contributed by atoms with E-state index in [4.69, 9.17) is 4.74 Å². The first-order chi connectivity index (χ1) is 7.14. The monoisotopic (exact) mass is 206 g/mol. The van der Waals surface area contributed by atoms with E-state index in [1.54, 1.807) is 0 Å². The Hall–Kier alpha value is -1.05. The predicted octanol–water partition coefficient (Wildman–Crippen LogP) is 2.71. The number of carbonyl (C=O) groups is 1. The molecule has 2 aliphatic rings. The van der Waals surface area contributed by atoms with Crippen LogP contribution in [0.4, 0.5) is 0 Å². The molecule has 1 fully saturated rings. The van der Waals surface area contributed by atoms with Gasteiger partial charge in [0.15, 0.2) is 0 Å². The molecule has 0 aromatic heterocycles. The van der Waals surface area contributed by atoms with Gasteiger partial charge in [0.25, 0.3) is 0 Å². The van der Waals surface area contributed by atoms with Crippen LogP contribution in [0.1, 0.15) is 26.7 Å². The molecule has 0 aliphatic heterocycles. The van der Waals surface area contributed by atoms with E-state index in [0.717, 1.165) is 12.8 Å². The largest absolute Gasteiger partial charge is 0.466 e. The number of allylic oxidation sites excluding steroid dienone is 4. The SMILES string of the molecule is CCOC(=O)[C@@H]1C[C@]2(C)C=CC=C[C@@H]1C2. The second-order valence-corrected chi connectivity index (χ2v) is 4.83. The summed E-state index contributed by atoms with van der Waals surface area (Å²) in [4.78, 5) is 11.8. The summed E-state index contributed by atoms with van der Waals surface area (Å²) in [5.41, 5.74) is 0.186. The van der Waals surface area contributed by atoms with Crippen molar-refractivity contribution in [2.45, 2.75) is 26.7 Å². The lowest BCUT2D eigenvalue weighted by molar-refractivity contribution is -0.148. The minimum Gasteiger partial charge on any atom is -0.466 e. The van der Waals surface area contributed by atoms with Gasteiger partial charge >= 0.3 is 5.97 Å². The van der Waals surface area contributed by atoms with Gasteiger partial charge in [0.2, 0.25) is 0 Å². The number of carbonyl (C=O) groups excluding carboxylic acids is 1. The third-order valence-corrected chi connectivity index (χ3v) is 3.46. The number of hydrogen-bond acceptors (Lipinski definition) is 2. The molecule has 0 amide bonds. The molecule has 0 spiro atoms. The lowest BCUT2D eigenvalue weighted by Gasteiger charge is -2.18. The molecule has 2 aliphatic carbocycles. The molecular weight excluding hydrogens is 188 g/mol. The van der Waals surface area contributed by atoms with Crippen LogP contribution in [0.25, 0.3) is 0 Å². The van der Waals surface area contributed by atoms with E-state index in [0.29, 0.717) is 12.5 Å². The highest BCUT2D eigenvalue weighted by molar-refractivity contribution is 5.74. The van der Waals surface area contributed by atoms with E-state index in [-0.39, 0.29) is 17.3 Å². The fourth-order valence-corrected chi connectivity index (χ4v) is 2.76. The highest BCUT2D eigenvalue weighted by Gasteiger charge is 2.44. The van der Waals surface area contributed by atoms with Crippen molar-refractivity contribution in [2.75, 3.05) is 6.61 Å². The van der Waals surface area contributed by atoms with Crippen LogP contribution in [-0.2, 0) is 9.53 Å². The summed E-state index contributed by atoms with van der Waals surface area (Å²) in [5, 5.41) is 0. The van der Waals surface area contributed by atoms with E-state index in [1.165, 1.54) is 0 Å². The second kappa shape index (κ2) is 3.84. The zero-order chi connectivity index (χ0) is 10.9. The molecule has 0 unspecified atom stereocenters. The summed E-state index contributed by atoms with van der Waals surface area (Å²) in [5.74, 6) is 0.409. The maximum absolute atomic E-state index is 11.8. The number of ether oxygens (including phenoxy) is 1. The minimum atomic E-state index is -0.0221. The van der Waals surface area contributed by atoms with Gasteiger partial charge in [0.05, 0.1) is 12.5 Å². The lowest BCUT2D eigenvalue weighted by Crippen LogP contribution is -2.21. The molecule has 2 bridgehead atoms. The fraction of sp³-hybridized carbons (Fsp3) is 0.615. The first-order valence-corrected chi connectivity index (χ1v) is 5.67. The van der Waals surface area contributed by atoms with Crippen molar-refractivity contribution < 1.29 is 9.53 Å². The summed E-state index contributed by atoms with van der Waals surface area (Å²) in [7, 11) is 0. The van der Waals surface area contributed by atoms with Gasteiger partial charge in [-0.15, -0.1) is 0 Å². The van der Waals surface area contributed by atoms with Crippen molar-refractivity contribution in [3.05, 3.63) is 24.3 Å². The first kappa shape index (κ1) is 10.5. The van der Waals surface area contributed by atoms with Gasteiger partial charge in [-0.2, -0.15) is 0 Å². The smallest absolute Gasteiger partial charge is 0.309 e. The average molecular weight is 206 g/mol. The Balaban J connectivity index is 2.14. The van der Waals surface area contributed by atoms with E-state index in [2.05, 4.69) is 31.2 Å². The van der Waals surface area contributed by atoms with Crippen molar-refractivity contribution in [3.8, 4) is 0 Å². The highest BCUT2D eigenvalue weighted by Crippen LogP contribution is 2.48. The van der Waals surface area contributed by atoms with Gasteiger partial charge in [0, 0.05) is 0 Å². The standard InChI is InChI=1S/C13H18O2/c1-3-15-12(14)11-9-13(2)7-5-4-6-10(11)8-13/h4-7,10-11H,3,8-9H2,1-2H3/t10-,11-,13-/m1/s1. The summed E-state index contributed by atoms with van der Waals surface area (Å²) < 4.78 is 5.12. The Bertz CT molecular complexity index is 316. The van der Waals surface area contributed by atoms with Gasteiger partial charge in [-0.1, -0.05) is 31.2 Å². The normalized spacial score (nSPS) is 37.7. The topological polar surface area (TPSA) is 26.3 Å². The van der Waals surface area contributed by atoms with Crippen LogP contribution < -0.4 is 0 Å². The van der Waals surface area contributed by atoms with Gasteiger partial charge in [-0.05, 0) is 31.1 Å². The third-order valence-electron chi connectivity index (χ3n) is 3.46. The van der Waals surface area contributed by atoms with E-state index >= 15 is 0 Å². The summed E-state index contributed by atoms with van der Waals surface area (Å²) in [6.07, 6.45) is 10.5. The Morgan fingerprint density at radius 2 is 2.27 bits per heavy atom. The van der Waals surface area contributed by atoms with E-state index in [9.17, 15) is 4.79 Å². The minimum absolute atomic E-state index is 0.0221. The Morgan fingerprint density at radius 1 is 1.47 bits per heavy atom. The number of hydrogen-bond donors (Lipinski definition) is 0. The van der Waals surface area contributed by atoms with Gasteiger partial charge < -0.3 is 4.74 Å². The molecule has 1 saturated carbocycles. The third kappa shape index (κ3) is 1.99. The van der Waals surface area contributed by atoms with Gasteiger partial charge in [-0.25, -0.2) is 0 Å². The van der Waals surface area contributed by atoms with Crippen LogP contribution in [0, 0.1) is 17.3 Å². The molecule has 2 heteroatoms. The molecule has 2 rings (SSSR count). The van der Waals surface area contributed by atoms with Crippen molar-refractivity contribution >= 4 is 5.97 Å². The molecule has 0 N–H and O–H groups in total. The molecule has 3 atom stereocenters. The maximum Gasteiger partial charge on any atom is 0.309 e. The van der Waals surface area contributed by atoms with Crippen LogP contribution in [0.15, 0.2) is 24.3 Å². The van der Waals surface area contributed by atoms with Crippen LogP contribution in [0.3, 0.4) is 0 Å². The zero-order valence-corrected chi connectivity index (χ0v) is 9.40. The summed E-state index contributed by atoms with van der Waals surface area (Å²) in [6.45, 7) is 4.57. The summed E-state index contributed by atoms with van der Waals surface area (Å²) >= 11 is 0. The molecule has 0 saturated heterocycles. The van der Waals surface area contributed by atoms with Crippen molar-refractivity contribution in [3.63, 3.8) is 0 Å². The fourth-order valence-electron chi connectivity index (χ4n) is 2.76. The first-order valence-electron chi connectivity index (χ1n) is 5.67. The van der Waals surface area contributed by atoms with Crippen molar-refractivity contribution in [2.24, 2.45) is 17.3 Å². The second-order valence-electron chi connectivity index (χ2n) is 4.83. The van der Waals surface area contributed by atoms with Crippen LogP contribution in [0.2, 0.25) is 0 Å². The van der Waals surface area contributed by atoms with E-state index in [1.807, 2.05) is 6.92 Å². The van der Waals surface area contributed by atoms with Gasteiger partial charge in [0.1, 0.15) is 0 Å². The Labute approximate surface area is 91.0 Å². The number of rotatable bonds is 2. The highest BCUT2D eigenvalue weighted by atomic mass is 16.5. The summed E-state index contributed by atoms with van der Waals surface area (Å²) in [6, 6.07) is 0. The molecule has 0 aromatic rings. The lowest BCUT2D eigenvalue weighted by atomic mass is 9.87. The van der Waals surface area contributed by atoms with E-state index < -0.39 is 0 Å². The zero-order valence-electron chi connectivity index (χ0n) is 9.40. The van der Waals surface area contributed by atoms with Crippen LogP contribution >= 0.6 is 0 Å². The number of fused-ring (bicyclic) bond motifs is 2. The predicted molar refractivity (Wildman–Crippen MR) is 59.2 cm³/mol. The van der Waals surface area contributed by atoms with Gasteiger partial charge in [-0.3, -0.25) is 4.79 Å². The van der Waals surface area contributed by atoms with Crippen LogP contribution in [-0.4, -0.2) is 12.6 Å². The van der Waals surface area contributed by atoms with Crippen molar-refractivity contribution in [1.82, 2.24) is 0 Å².